The molecule has 1 unspecified atom stereocenters. The van der Waals surface area contributed by atoms with E-state index in [-0.39, 0.29) is 11.8 Å². The average Bonchev–Trinajstić information content (AvgIpc) is 3.49. The summed E-state index contributed by atoms with van der Waals surface area (Å²) in [6.07, 6.45) is 4.85. The number of H-pyrrole nitrogens is 1. The van der Waals surface area contributed by atoms with Crippen LogP contribution in [-0.2, 0) is 9.53 Å². The molecule has 5 rings (SSSR count). The second-order valence-electron chi connectivity index (χ2n) is 7.87. The Labute approximate surface area is 186 Å². The molecule has 1 aliphatic heterocycles. The maximum atomic E-state index is 12.3. The lowest BCUT2D eigenvalue weighted by molar-refractivity contribution is -0.119. The van der Waals surface area contributed by atoms with Gasteiger partial charge in [-0.15, -0.1) is 0 Å². The number of aromatic nitrogens is 2. The summed E-state index contributed by atoms with van der Waals surface area (Å²) in [6, 6.07) is 24.0. The van der Waals surface area contributed by atoms with Gasteiger partial charge in [-0.3, -0.25) is 9.89 Å². The number of nitrogens with zero attached hydrogens (tertiary/aromatic N) is 1. The van der Waals surface area contributed by atoms with Crippen LogP contribution in [0.1, 0.15) is 17.7 Å². The molecule has 3 N–H and O–H groups in total. The summed E-state index contributed by atoms with van der Waals surface area (Å²) in [6.45, 7) is 1.15. The van der Waals surface area contributed by atoms with Crippen LogP contribution in [0, 0.1) is 5.92 Å². The van der Waals surface area contributed by atoms with Crippen molar-refractivity contribution in [2.45, 2.75) is 6.42 Å². The number of hydrogen-bond donors (Lipinski definition) is 3. The summed E-state index contributed by atoms with van der Waals surface area (Å²) in [5, 5.41) is 15.0. The number of hydrogen-bond acceptors (Lipinski definition) is 4. The van der Waals surface area contributed by atoms with Crippen LogP contribution in [0.4, 0.5) is 17.1 Å². The number of rotatable bonds is 6. The number of carbonyl (C=O) groups is 1. The Hall–Kier alpha value is -3.90. The number of amides is 1. The van der Waals surface area contributed by atoms with Gasteiger partial charge in [0.15, 0.2) is 0 Å². The molecule has 1 aromatic heterocycles. The lowest BCUT2D eigenvalue weighted by Crippen LogP contribution is -2.22. The Morgan fingerprint density at radius 1 is 0.969 bits per heavy atom. The summed E-state index contributed by atoms with van der Waals surface area (Å²) in [5.41, 5.74) is 5.59. The first-order chi connectivity index (χ1) is 15.7. The van der Waals surface area contributed by atoms with Gasteiger partial charge >= 0.3 is 0 Å². The third kappa shape index (κ3) is 4.55. The highest BCUT2D eigenvalue weighted by molar-refractivity contribution is 5.94. The Morgan fingerprint density at radius 2 is 1.81 bits per heavy atom. The number of nitrogens with one attached hydrogen (secondary N) is 3. The molecule has 1 aliphatic rings. The number of fused-ring (bicyclic) bond motifs is 1. The van der Waals surface area contributed by atoms with Crippen LogP contribution >= 0.6 is 0 Å². The van der Waals surface area contributed by atoms with E-state index in [2.05, 4.69) is 45.1 Å². The van der Waals surface area contributed by atoms with Gasteiger partial charge in [-0.1, -0.05) is 42.5 Å². The molecular formula is C26H24N4O2. The van der Waals surface area contributed by atoms with Gasteiger partial charge in [0.1, 0.15) is 0 Å². The van der Waals surface area contributed by atoms with Crippen LogP contribution in [0.5, 0.6) is 0 Å². The van der Waals surface area contributed by atoms with E-state index in [1.165, 1.54) is 0 Å². The van der Waals surface area contributed by atoms with E-state index >= 15 is 0 Å². The summed E-state index contributed by atoms with van der Waals surface area (Å²) in [4.78, 5) is 12.3. The van der Waals surface area contributed by atoms with Gasteiger partial charge in [-0.25, -0.2) is 0 Å². The number of benzene rings is 3. The molecule has 0 radical (unpaired) electrons. The minimum Gasteiger partial charge on any atom is -0.381 e. The van der Waals surface area contributed by atoms with Gasteiger partial charge in [0, 0.05) is 29.1 Å². The molecule has 1 saturated heterocycles. The van der Waals surface area contributed by atoms with Crippen LogP contribution in [0.25, 0.3) is 23.1 Å². The maximum absolute atomic E-state index is 12.3. The highest BCUT2D eigenvalue weighted by Gasteiger charge is 2.23. The Bertz CT molecular complexity index is 1260. The summed E-state index contributed by atoms with van der Waals surface area (Å²) < 4.78 is 5.31. The van der Waals surface area contributed by atoms with E-state index in [1.807, 2.05) is 60.7 Å². The molecule has 1 amide bonds. The molecular weight excluding hydrogens is 400 g/mol. The van der Waals surface area contributed by atoms with Crippen LogP contribution in [0.3, 0.4) is 0 Å². The molecule has 160 valence electrons. The Balaban J connectivity index is 1.29. The molecule has 1 fully saturated rings. The van der Waals surface area contributed by atoms with Crippen LogP contribution in [0.15, 0.2) is 72.8 Å². The molecule has 0 saturated carbocycles. The number of ether oxygens (including phenoxy) is 1. The van der Waals surface area contributed by atoms with Gasteiger partial charge in [0.25, 0.3) is 0 Å². The molecule has 32 heavy (non-hydrogen) atoms. The van der Waals surface area contributed by atoms with E-state index in [0.717, 1.165) is 45.6 Å². The largest absolute Gasteiger partial charge is 0.381 e. The highest BCUT2D eigenvalue weighted by Crippen LogP contribution is 2.26. The SMILES string of the molecule is O=C(Nc1cccc(Nc2ccc3c(/C=C/c4ccccc4)n[nH]c3c2)c1)C1CCOC1. The monoisotopic (exact) mass is 424 g/mol. The van der Waals surface area contributed by atoms with Gasteiger partial charge < -0.3 is 15.4 Å². The molecule has 3 aromatic carbocycles. The van der Waals surface area contributed by atoms with Gasteiger partial charge in [-0.05, 0) is 54.5 Å². The fourth-order valence-electron chi connectivity index (χ4n) is 3.81. The summed E-state index contributed by atoms with van der Waals surface area (Å²) in [7, 11) is 0. The van der Waals surface area contributed by atoms with Crippen molar-refractivity contribution in [1.82, 2.24) is 10.2 Å². The van der Waals surface area contributed by atoms with E-state index in [4.69, 9.17) is 4.74 Å². The predicted octanol–water partition coefficient (Wildman–Crippen LogP) is 5.45. The van der Waals surface area contributed by atoms with Crippen LogP contribution in [0.2, 0.25) is 0 Å². The van der Waals surface area contributed by atoms with Crippen molar-refractivity contribution in [2.75, 3.05) is 23.8 Å². The van der Waals surface area contributed by atoms with E-state index in [1.54, 1.807) is 0 Å². The third-order valence-electron chi connectivity index (χ3n) is 5.54. The van der Waals surface area contributed by atoms with Crippen molar-refractivity contribution < 1.29 is 9.53 Å². The first-order valence-corrected chi connectivity index (χ1v) is 10.7. The number of anilines is 3. The molecule has 6 nitrogen and oxygen atoms in total. The van der Waals surface area contributed by atoms with Crippen molar-refractivity contribution in [1.29, 1.82) is 0 Å². The third-order valence-corrected chi connectivity index (χ3v) is 5.54. The topological polar surface area (TPSA) is 79.0 Å². The van der Waals surface area contributed by atoms with Crippen molar-refractivity contribution >= 4 is 46.0 Å². The van der Waals surface area contributed by atoms with E-state index < -0.39 is 0 Å². The average molecular weight is 425 g/mol. The van der Waals surface area contributed by atoms with Crippen molar-refractivity contribution in [2.24, 2.45) is 5.92 Å². The van der Waals surface area contributed by atoms with Crippen molar-refractivity contribution in [3.63, 3.8) is 0 Å². The molecule has 1 atom stereocenters. The van der Waals surface area contributed by atoms with Gasteiger partial charge in [0.2, 0.25) is 5.91 Å². The minimum absolute atomic E-state index is 0.00890. The lowest BCUT2D eigenvalue weighted by Gasteiger charge is -2.12. The maximum Gasteiger partial charge on any atom is 0.229 e. The molecule has 6 heteroatoms. The standard InChI is InChI=1S/C26H24N4O2/c31-26(19-13-14-32-17-19)28-21-8-4-7-20(15-21)27-22-10-11-23-24(29-30-25(23)16-22)12-9-18-5-2-1-3-6-18/h1-12,15-16,19,27H,13-14,17H2,(H,28,31)(H,29,30)/b12-9+. The first kappa shape index (κ1) is 20.0. The van der Waals surface area contributed by atoms with Crippen LogP contribution in [-0.4, -0.2) is 29.3 Å². The Morgan fingerprint density at radius 3 is 2.66 bits per heavy atom. The highest BCUT2D eigenvalue weighted by atomic mass is 16.5. The molecule has 0 spiro atoms. The van der Waals surface area contributed by atoms with E-state index in [0.29, 0.717) is 13.2 Å². The fourth-order valence-corrected chi connectivity index (χ4v) is 3.81. The van der Waals surface area contributed by atoms with E-state index in [9.17, 15) is 4.79 Å². The zero-order chi connectivity index (χ0) is 21.8. The predicted molar refractivity (Wildman–Crippen MR) is 129 cm³/mol. The molecule has 2 heterocycles. The number of carbonyl (C=O) groups excluding carboxylic acids is 1. The molecule has 0 bridgehead atoms. The second kappa shape index (κ2) is 9.08. The Kier molecular flexibility index (Phi) is 5.68. The quantitative estimate of drug-likeness (QED) is 0.384. The summed E-state index contributed by atoms with van der Waals surface area (Å²) in [5.74, 6) is -0.0610. The zero-order valence-electron chi connectivity index (χ0n) is 17.5. The molecule has 4 aromatic rings. The second-order valence-corrected chi connectivity index (χ2v) is 7.87. The number of aromatic amines is 1. The first-order valence-electron chi connectivity index (χ1n) is 10.7. The van der Waals surface area contributed by atoms with Gasteiger partial charge in [-0.2, -0.15) is 5.10 Å². The van der Waals surface area contributed by atoms with Gasteiger partial charge in [0.05, 0.1) is 23.7 Å². The lowest BCUT2D eigenvalue weighted by atomic mass is 10.1. The van der Waals surface area contributed by atoms with Crippen molar-refractivity contribution in [3.8, 4) is 0 Å². The zero-order valence-corrected chi connectivity index (χ0v) is 17.5. The minimum atomic E-state index is -0.0699. The molecule has 0 aliphatic carbocycles. The normalized spacial score (nSPS) is 15.9. The fraction of sp³-hybridized carbons (Fsp3) is 0.154. The summed E-state index contributed by atoms with van der Waals surface area (Å²) >= 11 is 0. The van der Waals surface area contributed by atoms with Crippen LogP contribution < -0.4 is 10.6 Å². The smallest absolute Gasteiger partial charge is 0.229 e. The van der Waals surface area contributed by atoms with Crippen molar-refractivity contribution in [3.05, 3.63) is 84.1 Å².